The maximum atomic E-state index is 12.1. The number of halogens is 3. The van der Waals surface area contributed by atoms with Gasteiger partial charge in [-0.05, 0) is 18.1 Å². The van der Waals surface area contributed by atoms with Crippen LogP contribution < -0.4 is 5.32 Å². The van der Waals surface area contributed by atoms with Crippen molar-refractivity contribution in [2.24, 2.45) is 0 Å². The zero-order valence-electron chi connectivity index (χ0n) is 10.6. The standard InChI is InChI=1S/C13H18F3NO/c1-10(7-13(14,15)16)17-8-11-3-5-12(6-4-11)9-18-2/h3-6,10,17H,7-9H2,1-2H3. The average Bonchev–Trinajstić information content (AvgIpc) is 2.26. The molecule has 2 nitrogen and oxygen atoms in total. The molecule has 1 aromatic carbocycles. The second kappa shape index (κ2) is 6.75. The molecule has 0 bridgehead atoms. The molecule has 0 saturated heterocycles. The molecule has 0 aliphatic heterocycles. The van der Waals surface area contributed by atoms with Crippen LogP contribution in [0.15, 0.2) is 24.3 Å². The quantitative estimate of drug-likeness (QED) is 0.848. The Morgan fingerprint density at radius 2 is 1.72 bits per heavy atom. The Balaban J connectivity index is 2.39. The summed E-state index contributed by atoms with van der Waals surface area (Å²) in [6, 6.07) is 7.02. The molecule has 18 heavy (non-hydrogen) atoms. The smallest absolute Gasteiger partial charge is 0.380 e. The third kappa shape index (κ3) is 6.02. The highest BCUT2D eigenvalue weighted by molar-refractivity contribution is 5.21. The summed E-state index contributed by atoms with van der Waals surface area (Å²) in [4.78, 5) is 0. The number of benzene rings is 1. The summed E-state index contributed by atoms with van der Waals surface area (Å²) >= 11 is 0. The Morgan fingerprint density at radius 3 is 2.22 bits per heavy atom. The van der Waals surface area contributed by atoms with Crippen LogP contribution in [-0.2, 0) is 17.9 Å². The number of ether oxygens (including phenoxy) is 1. The van der Waals surface area contributed by atoms with E-state index in [2.05, 4.69) is 5.32 Å². The summed E-state index contributed by atoms with van der Waals surface area (Å²) in [5, 5.41) is 2.86. The monoisotopic (exact) mass is 261 g/mol. The topological polar surface area (TPSA) is 21.3 Å². The van der Waals surface area contributed by atoms with Gasteiger partial charge < -0.3 is 10.1 Å². The summed E-state index contributed by atoms with van der Waals surface area (Å²) in [7, 11) is 1.62. The van der Waals surface area contributed by atoms with Crippen LogP contribution in [0, 0.1) is 0 Å². The van der Waals surface area contributed by atoms with Gasteiger partial charge in [0.1, 0.15) is 0 Å². The number of methoxy groups -OCH3 is 1. The van der Waals surface area contributed by atoms with Crippen LogP contribution >= 0.6 is 0 Å². The minimum atomic E-state index is -4.12. The van der Waals surface area contributed by atoms with Crippen molar-refractivity contribution in [3.8, 4) is 0 Å². The normalized spacial score (nSPS) is 13.6. The Kier molecular flexibility index (Phi) is 5.62. The van der Waals surface area contributed by atoms with Crippen LogP contribution in [0.4, 0.5) is 13.2 Å². The minimum absolute atomic E-state index is 0.435. The first-order valence-corrected chi connectivity index (χ1v) is 5.77. The lowest BCUT2D eigenvalue weighted by molar-refractivity contribution is -0.139. The first-order valence-electron chi connectivity index (χ1n) is 5.77. The fourth-order valence-corrected chi connectivity index (χ4v) is 1.63. The van der Waals surface area contributed by atoms with Gasteiger partial charge in [-0.1, -0.05) is 24.3 Å². The summed E-state index contributed by atoms with van der Waals surface area (Å²) in [6.45, 7) is 2.51. The predicted molar refractivity (Wildman–Crippen MR) is 64.1 cm³/mol. The zero-order chi connectivity index (χ0) is 13.6. The number of nitrogens with one attached hydrogen (secondary N) is 1. The van der Waals surface area contributed by atoms with Crippen molar-refractivity contribution in [3.05, 3.63) is 35.4 Å². The number of hydrogen-bond acceptors (Lipinski definition) is 2. The summed E-state index contributed by atoms with van der Waals surface area (Å²) in [5.74, 6) is 0. The van der Waals surface area contributed by atoms with Gasteiger partial charge in [0.2, 0.25) is 0 Å². The molecule has 1 rings (SSSR count). The third-order valence-electron chi connectivity index (χ3n) is 2.53. The van der Waals surface area contributed by atoms with E-state index in [0.717, 1.165) is 11.1 Å². The van der Waals surface area contributed by atoms with Crippen molar-refractivity contribution in [1.29, 1.82) is 0 Å². The van der Waals surface area contributed by atoms with E-state index in [1.54, 1.807) is 7.11 Å². The Morgan fingerprint density at radius 1 is 1.17 bits per heavy atom. The molecular weight excluding hydrogens is 243 g/mol. The van der Waals surface area contributed by atoms with Crippen molar-refractivity contribution >= 4 is 0 Å². The van der Waals surface area contributed by atoms with Crippen molar-refractivity contribution in [2.75, 3.05) is 7.11 Å². The molecular formula is C13H18F3NO. The highest BCUT2D eigenvalue weighted by Gasteiger charge is 2.29. The number of alkyl halides is 3. The Bertz CT molecular complexity index is 348. The average molecular weight is 261 g/mol. The molecule has 0 aliphatic carbocycles. The van der Waals surface area contributed by atoms with Gasteiger partial charge in [-0.25, -0.2) is 0 Å². The van der Waals surface area contributed by atoms with Crippen molar-refractivity contribution < 1.29 is 17.9 Å². The van der Waals surface area contributed by atoms with Gasteiger partial charge in [-0.3, -0.25) is 0 Å². The van der Waals surface area contributed by atoms with E-state index >= 15 is 0 Å². The molecule has 0 spiro atoms. The highest BCUT2D eigenvalue weighted by atomic mass is 19.4. The Labute approximate surface area is 105 Å². The minimum Gasteiger partial charge on any atom is -0.380 e. The van der Waals surface area contributed by atoms with Crippen LogP contribution in [0.5, 0.6) is 0 Å². The van der Waals surface area contributed by atoms with Crippen molar-refractivity contribution in [1.82, 2.24) is 5.32 Å². The molecule has 0 radical (unpaired) electrons. The third-order valence-corrected chi connectivity index (χ3v) is 2.53. The van der Waals surface area contributed by atoms with E-state index in [0.29, 0.717) is 13.2 Å². The van der Waals surface area contributed by atoms with Gasteiger partial charge in [0.15, 0.2) is 0 Å². The van der Waals surface area contributed by atoms with Crippen LogP contribution in [0.25, 0.3) is 0 Å². The van der Waals surface area contributed by atoms with Gasteiger partial charge >= 0.3 is 6.18 Å². The maximum absolute atomic E-state index is 12.1. The zero-order valence-corrected chi connectivity index (χ0v) is 10.6. The lowest BCUT2D eigenvalue weighted by atomic mass is 10.1. The van der Waals surface area contributed by atoms with Gasteiger partial charge in [0.25, 0.3) is 0 Å². The van der Waals surface area contributed by atoms with Gasteiger partial charge in [-0.2, -0.15) is 13.2 Å². The van der Waals surface area contributed by atoms with E-state index in [1.807, 2.05) is 24.3 Å². The molecule has 0 aliphatic rings. The van der Waals surface area contributed by atoms with E-state index in [1.165, 1.54) is 6.92 Å². The highest BCUT2D eigenvalue weighted by Crippen LogP contribution is 2.21. The van der Waals surface area contributed by atoms with Crippen LogP contribution in [0.2, 0.25) is 0 Å². The molecule has 1 aromatic rings. The van der Waals surface area contributed by atoms with Gasteiger partial charge in [-0.15, -0.1) is 0 Å². The summed E-state index contributed by atoms with van der Waals surface area (Å²) in [6.07, 6.45) is -4.93. The number of rotatable bonds is 6. The van der Waals surface area contributed by atoms with Crippen LogP contribution in [0.1, 0.15) is 24.5 Å². The molecule has 1 unspecified atom stereocenters. The van der Waals surface area contributed by atoms with E-state index in [4.69, 9.17) is 4.74 Å². The molecule has 5 heteroatoms. The molecule has 0 heterocycles. The number of hydrogen-bond donors (Lipinski definition) is 1. The fourth-order valence-electron chi connectivity index (χ4n) is 1.63. The van der Waals surface area contributed by atoms with Gasteiger partial charge in [0, 0.05) is 19.7 Å². The van der Waals surface area contributed by atoms with E-state index in [-0.39, 0.29) is 0 Å². The first kappa shape index (κ1) is 15.0. The van der Waals surface area contributed by atoms with Crippen LogP contribution in [-0.4, -0.2) is 19.3 Å². The predicted octanol–water partition coefficient (Wildman–Crippen LogP) is 3.26. The molecule has 1 atom stereocenters. The van der Waals surface area contributed by atoms with Crippen molar-refractivity contribution in [2.45, 2.75) is 38.7 Å². The molecule has 0 saturated carbocycles. The SMILES string of the molecule is COCc1ccc(CNC(C)CC(F)(F)F)cc1. The van der Waals surface area contributed by atoms with E-state index < -0.39 is 18.6 Å². The summed E-state index contributed by atoms with van der Waals surface area (Å²) < 4.78 is 41.3. The molecule has 0 aromatic heterocycles. The van der Waals surface area contributed by atoms with E-state index in [9.17, 15) is 13.2 Å². The van der Waals surface area contributed by atoms with Crippen molar-refractivity contribution in [3.63, 3.8) is 0 Å². The lowest BCUT2D eigenvalue weighted by Gasteiger charge is -2.15. The van der Waals surface area contributed by atoms with Crippen LogP contribution in [0.3, 0.4) is 0 Å². The molecule has 0 amide bonds. The fraction of sp³-hybridized carbons (Fsp3) is 0.538. The van der Waals surface area contributed by atoms with Gasteiger partial charge in [0.05, 0.1) is 13.0 Å². The lowest BCUT2D eigenvalue weighted by Crippen LogP contribution is -2.30. The first-order chi connectivity index (χ1) is 8.40. The largest absolute Gasteiger partial charge is 0.390 e. The molecule has 102 valence electrons. The summed E-state index contributed by atoms with van der Waals surface area (Å²) in [5.41, 5.74) is 2.01. The second-order valence-electron chi connectivity index (χ2n) is 4.35. The molecule has 0 fully saturated rings. The molecule has 1 N–H and O–H groups in total. The second-order valence-corrected chi connectivity index (χ2v) is 4.35. The Hall–Kier alpha value is -1.07. The maximum Gasteiger partial charge on any atom is 0.390 e.